The van der Waals surface area contributed by atoms with Crippen LogP contribution in [-0.2, 0) is 9.47 Å². The van der Waals surface area contributed by atoms with Crippen LogP contribution in [0.1, 0.15) is 42.6 Å². The molecule has 2 heterocycles. The van der Waals surface area contributed by atoms with E-state index in [1.165, 1.54) is 16.7 Å². The summed E-state index contributed by atoms with van der Waals surface area (Å²) in [4.78, 5) is 7.22. The van der Waals surface area contributed by atoms with E-state index in [2.05, 4.69) is 49.2 Å². The molecule has 3 rings (SSSR count). The summed E-state index contributed by atoms with van der Waals surface area (Å²) >= 11 is 0. The molecule has 1 unspecified atom stereocenters. The second-order valence-corrected chi connectivity index (χ2v) is 8.11. The lowest BCUT2D eigenvalue weighted by Gasteiger charge is -2.37. The molecule has 0 amide bonds. The Labute approximate surface area is 168 Å². The Balaban J connectivity index is 1.73. The van der Waals surface area contributed by atoms with E-state index in [0.29, 0.717) is 26.4 Å². The minimum atomic E-state index is -0.155. The van der Waals surface area contributed by atoms with E-state index in [0.717, 1.165) is 38.4 Å². The lowest BCUT2D eigenvalue weighted by molar-refractivity contribution is -0.0132. The van der Waals surface area contributed by atoms with Crippen LogP contribution >= 0.6 is 0 Å². The van der Waals surface area contributed by atoms with E-state index >= 15 is 0 Å². The third-order valence-corrected chi connectivity index (χ3v) is 5.93. The highest BCUT2D eigenvalue weighted by molar-refractivity contribution is 5.80. The van der Waals surface area contributed by atoms with Gasteiger partial charge in [-0.05, 0) is 44.7 Å². The van der Waals surface area contributed by atoms with Crippen LogP contribution < -0.4 is 5.32 Å². The van der Waals surface area contributed by atoms with Gasteiger partial charge in [0, 0.05) is 31.7 Å². The van der Waals surface area contributed by atoms with E-state index in [1.54, 1.807) is 0 Å². The molecule has 156 valence electrons. The average molecular weight is 390 g/mol. The number of ether oxygens (including phenoxy) is 2. The van der Waals surface area contributed by atoms with Gasteiger partial charge in [0.05, 0.1) is 26.3 Å². The molecule has 2 N–H and O–H groups in total. The van der Waals surface area contributed by atoms with Crippen molar-refractivity contribution in [3.8, 4) is 0 Å². The molecule has 0 radical (unpaired) electrons. The zero-order valence-corrected chi connectivity index (χ0v) is 17.5. The Morgan fingerprint density at radius 1 is 1.29 bits per heavy atom. The minimum absolute atomic E-state index is 0.0492. The van der Waals surface area contributed by atoms with Crippen LogP contribution in [0.25, 0.3) is 0 Å². The summed E-state index contributed by atoms with van der Waals surface area (Å²) in [5.74, 6) is 0.917. The van der Waals surface area contributed by atoms with Gasteiger partial charge in [0.15, 0.2) is 5.96 Å². The number of guanidine groups is 1. The third kappa shape index (κ3) is 5.04. The molecular formula is C22H35N3O3. The largest absolute Gasteiger partial charge is 0.396 e. The van der Waals surface area contributed by atoms with Gasteiger partial charge in [-0.25, -0.2) is 0 Å². The van der Waals surface area contributed by atoms with Crippen molar-refractivity contribution in [2.75, 3.05) is 52.6 Å². The van der Waals surface area contributed by atoms with Gasteiger partial charge in [0.1, 0.15) is 6.10 Å². The zero-order valence-electron chi connectivity index (χ0n) is 17.5. The van der Waals surface area contributed by atoms with Gasteiger partial charge in [0.2, 0.25) is 0 Å². The molecule has 0 spiro atoms. The number of hydrogen-bond acceptors (Lipinski definition) is 4. The molecule has 6 nitrogen and oxygen atoms in total. The average Bonchev–Trinajstić information content (AvgIpc) is 2.72. The third-order valence-electron chi connectivity index (χ3n) is 5.93. The number of benzene rings is 1. The fourth-order valence-electron chi connectivity index (χ4n) is 4.06. The Bertz CT molecular complexity index is 671. The molecule has 0 aromatic heterocycles. The molecule has 2 saturated heterocycles. The number of hydrogen-bond donors (Lipinski definition) is 2. The van der Waals surface area contributed by atoms with Gasteiger partial charge < -0.3 is 24.8 Å². The topological polar surface area (TPSA) is 66.3 Å². The van der Waals surface area contributed by atoms with E-state index < -0.39 is 0 Å². The summed E-state index contributed by atoms with van der Waals surface area (Å²) in [6, 6.07) is 6.55. The lowest BCUT2D eigenvalue weighted by Crippen LogP contribution is -2.49. The van der Waals surface area contributed by atoms with Crippen LogP contribution in [0.5, 0.6) is 0 Å². The number of aliphatic hydroxyl groups excluding tert-OH is 1. The highest BCUT2D eigenvalue weighted by Crippen LogP contribution is 2.31. The molecule has 2 aliphatic rings. The molecule has 1 atom stereocenters. The van der Waals surface area contributed by atoms with E-state index in [4.69, 9.17) is 14.5 Å². The Morgan fingerprint density at radius 3 is 2.75 bits per heavy atom. The van der Waals surface area contributed by atoms with Gasteiger partial charge in [-0.3, -0.25) is 4.99 Å². The molecule has 28 heavy (non-hydrogen) atoms. The summed E-state index contributed by atoms with van der Waals surface area (Å²) in [6.45, 7) is 11.7. The molecule has 0 bridgehead atoms. The van der Waals surface area contributed by atoms with Crippen molar-refractivity contribution in [1.29, 1.82) is 0 Å². The standard InChI is InChI=1S/C22H35N3O3/c1-4-23-21(24-15-22(16-26)7-10-27-11-8-22)25-9-12-28-20(14-25)19-6-5-17(2)13-18(19)3/h5-6,13,20,26H,4,7-12,14-16H2,1-3H3,(H,23,24). The first-order chi connectivity index (χ1) is 13.6. The maximum Gasteiger partial charge on any atom is 0.194 e. The zero-order chi connectivity index (χ0) is 20.0. The second-order valence-electron chi connectivity index (χ2n) is 8.11. The number of nitrogens with one attached hydrogen (secondary N) is 1. The Hall–Kier alpha value is -1.63. The van der Waals surface area contributed by atoms with Crippen LogP contribution in [0.3, 0.4) is 0 Å². The molecule has 1 aromatic rings. The first-order valence-electron chi connectivity index (χ1n) is 10.5. The monoisotopic (exact) mass is 389 g/mol. The van der Waals surface area contributed by atoms with Gasteiger partial charge in [-0.15, -0.1) is 0 Å². The van der Waals surface area contributed by atoms with Crippen molar-refractivity contribution in [2.45, 2.75) is 39.7 Å². The van der Waals surface area contributed by atoms with Crippen LogP contribution in [0.4, 0.5) is 0 Å². The first-order valence-corrected chi connectivity index (χ1v) is 10.5. The van der Waals surface area contributed by atoms with E-state index in [9.17, 15) is 5.11 Å². The predicted octanol–water partition coefficient (Wildman–Crippen LogP) is 2.43. The van der Waals surface area contributed by atoms with Crippen LogP contribution in [0.2, 0.25) is 0 Å². The minimum Gasteiger partial charge on any atom is -0.396 e. The van der Waals surface area contributed by atoms with Crippen molar-refractivity contribution in [2.24, 2.45) is 10.4 Å². The quantitative estimate of drug-likeness (QED) is 0.598. The van der Waals surface area contributed by atoms with Crippen LogP contribution in [0.15, 0.2) is 23.2 Å². The number of aryl methyl sites for hydroxylation is 2. The number of morpholine rings is 1. The van der Waals surface area contributed by atoms with Gasteiger partial charge >= 0.3 is 0 Å². The van der Waals surface area contributed by atoms with E-state index in [1.807, 2.05) is 0 Å². The van der Waals surface area contributed by atoms with Crippen LogP contribution in [-0.4, -0.2) is 68.6 Å². The second kappa shape index (κ2) is 9.72. The fraction of sp³-hybridized carbons (Fsp3) is 0.682. The number of nitrogens with zero attached hydrogens (tertiary/aromatic N) is 2. The Kier molecular flexibility index (Phi) is 7.32. The molecule has 1 aromatic carbocycles. The summed E-state index contributed by atoms with van der Waals surface area (Å²) in [5.41, 5.74) is 3.64. The molecule has 0 saturated carbocycles. The summed E-state index contributed by atoms with van der Waals surface area (Å²) in [6.07, 6.45) is 1.77. The molecule has 0 aliphatic carbocycles. The highest BCUT2D eigenvalue weighted by atomic mass is 16.5. The normalized spacial score (nSPS) is 22.9. The van der Waals surface area contributed by atoms with Crippen LogP contribution in [0, 0.1) is 19.3 Å². The highest BCUT2D eigenvalue weighted by Gasteiger charge is 2.32. The SMILES string of the molecule is CCNC(=NCC1(CO)CCOCC1)N1CCOC(c2ccc(C)cc2C)C1. The number of rotatable bonds is 5. The smallest absolute Gasteiger partial charge is 0.194 e. The van der Waals surface area contributed by atoms with Crippen molar-refractivity contribution in [3.05, 3.63) is 34.9 Å². The van der Waals surface area contributed by atoms with Gasteiger partial charge in [-0.1, -0.05) is 23.8 Å². The first kappa shape index (κ1) is 21.1. The van der Waals surface area contributed by atoms with Crippen molar-refractivity contribution in [3.63, 3.8) is 0 Å². The van der Waals surface area contributed by atoms with E-state index in [-0.39, 0.29) is 18.1 Å². The number of aliphatic hydroxyl groups is 1. The summed E-state index contributed by atoms with van der Waals surface area (Å²) in [5, 5.41) is 13.4. The van der Waals surface area contributed by atoms with Crippen molar-refractivity contribution >= 4 is 5.96 Å². The maximum atomic E-state index is 9.96. The summed E-state index contributed by atoms with van der Waals surface area (Å²) in [7, 11) is 0. The Morgan fingerprint density at radius 2 is 2.07 bits per heavy atom. The lowest BCUT2D eigenvalue weighted by atomic mass is 9.81. The number of aliphatic imine (C=N–C) groups is 1. The van der Waals surface area contributed by atoms with Crippen molar-refractivity contribution < 1.29 is 14.6 Å². The molecular weight excluding hydrogens is 354 g/mol. The van der Waals surface area contributed by atoms with Crippen molar-refractivity contribution in [1.82, 2.24) is 10.2 Å². The van der Waals surface area contributed by atoms with Gasteiger partial charge in [-0.2, -0.15) is 0 Å². The van der Waals surface area contributed by atoms with Gasteiger partial charge in [0.25, 0.3) is 0 Å². The molecule has 2 fully saturated rings. The predicted molar refractivity (Wildman–Crippen MR) is 112 cm³/mol. The summed E-state index contributed by atoms with van der Waals surface area (Å²) < 4.78 is 11.6. The molecule has 6 heteroatoms. The molecule has 2 aliphatic heterocycles. The fourth-order valence-corrected chi connectivity index (χ4v) is 4.06. The maximum absolute atomic E-state index is 9.96.